The molecule has 0 amide bonds. The Morgan fingerprint density at radius 1 is 1.00 bits per heavy atom. The Bertz CT molecular complexity index is 649. The molecule has 0 spiro atoms. The normalized spacial score (nSPS) is 10.9. The maximum absolute atomic E-state index is 13.2. The molecule has 0 atom stereocenters. The SMILES string of the molecule is Cc1cc(-c2cc3ccccc3[nH]2)ccc1F. The van der Waals surface area contributed by atoms with Crippen LogP contribution < -0.4 is 0 Å². The Balaban J connectivity index is 2.17. The van der Waals surface area contributed by atoms with E-state index < -0.39 is 0 Å². The van der Waals surface area contributed by atoms with Gasteiger partial charge in [-0.15, -0.1) is 0 Å². The van der Waals surface area contributed by atoms with E-state index in [4.69, 9.17) is 0 Å². The summed E-state index contributed by atoms with van der Waals surface area (Å²) in [5.74, 6) is -0.162. The lowest BCUT2D eigenvalue weighted by Gasteiger charge is -2.00. The number of aromatic amines is 1. The van der Waals surface area contributed by atoms with E-state index in [1.54, 1.807) is 13.0 Å². The van der Waals surface area contributed by atoms with E-state index in [1.165, 1.54) is 11.5 Å². The standard InChI is InChI=1S/C15H12FN/c1-10-8-12(6-7-13(10)16)15-9-11-4-2-3-5-14(11)17-15/h2-9,17H,1H3. The predicted octanol–water partition coefficient (Wildman–Crippen LogP) is 4.28. The van der Waals surface area contributed by atoms with Crippen molar-refractivity contribution in [1.82, 2.24) is 4.98 Å². The fraction of sp³-hybridized carbons (Fsp3) is 0.0667. The summed E-state index contributed by atoms with van der Waals surface area (Å²) in [7, 11) is 0. The molecule has 0 unspecified atom stereocenters. The third-order valence-corrected chi connectivity index (χ3v) is 3.00. The van der Waals surface area contributed by atoms with Crippen LogP contribution >= 0.6 is 0 Å². The molecule has 0 bridgehead atoms. The van der Waals surface area contributed by atoms with Crippen LogP contribution in [-0.4, -0.2) is 4.98 Å². The summed E-state index contributed by atoms with van der Waals surface area (Å²) < 4.78 is 13.2. The largest absolute Gasteiger partial charge is 0.355 e. The molecular weight excluding hydrogens is 213 g/mol. The van der Waals surface area contributed by atoms with E-state index in [9.17, 15) is 4.39 Å². The predicted molar refractivity (Wildman–Crippen MR) is 68.4 cm³/mol. The first-order chi connectivity index (χ1) is 8.24. The molecule has 0 aliphatic carbocycles. The van der Waals surface area contributed by atoms with Gasteiger partial charge in [-0.05, 0) is 48.4 Å². The van der Waals surface area contributed by atoms with Crippen LogP contribution in [0.4, 0.5) is 4.39 Å². The maximum atomic E-state index is 13.2. The molecule has 1 nitrogen and oxygen atoms in total. The average Bonchev–Trinajstić information content (AvgIpc) is 2.76. The van der Waals surface area contributed by atoms with E-state index in [2.05, 4.69) is 17.1 Å². The first kappa shape index (κ1) is 10.1. The van der Waals surface area contributed by atoms with Crippen molar-refractivity contribution in [3.05, 3.63) is 59.9 Å². The molecule has 2 aromatic carbocycles. The topological polar surface area (TPSA) is 15.8 Å². The minimum atomic E-state index is -0.162. The first-order valence-electron chi connectivity index (χ1n) is 5.58. The molecule has 0 saturated carbocycles. The van der Waals surface area contributed by atoms with Crippen molar-refractivity contribution in [2.45, 2.75) is 6.92 Å². The van der Waals surface area contributed by atoms with Crippen molar-refractivity contribution in [1.29, 1.82) is 0 Å². The summed E-state index contributed by atoms with van der Waals surface area (Å²) in [6.45, 7) is 1.78. The number of aromatic nitrogens is 1. The van der Waals surface area contributed by atoms with Crippen molar-refractivity contribution in [3.8, 4) is 11.3 Å². The Hall–Kier alpha value is -2.09. The number of benzene rings is 2. The zero-order valence-corrected chi connectivity index (χ0v) is 9.50. The van der Waals surface area contributed by atoms with Crippen LogP contribution in [0.2, 0.25) is 0 Å². The van der Waals surface area contributed by atoms with Gasteiger partial charge in [-0.2, -0.15) is 0 Å². The van der Waals surface area contributed by atoms with E-state index in [0.717, 1.165) is 16.8 Å². The molecule has 0 fully saturated rings. The molecule has 3 rings (SSSR count). The molecule has 1 heterocycles. The van der Waals surface area contributed by atoms with Crippen LogP contribution in [-0.2, 0) is 0 Å². The summed E-state index contributed by atoms with van der Waals surface area (Å²) in [5, 5.41) is 1.17. The fourth-order valence-corrected chi connectivity index (χ4v) is 2.04. The van der Waals surface area contributed by atoms with Crippen LogP contribution in [0, 0.1) is 12.7 Å². The highest BCUT2D eigenvalue weighted by Crippen LogP contribution is 2.25. The molecule has 0 aliphatic rings. The van der Waals surface area contributed by atoms with Gasteiger partial charge in [0.1, 0.15) is 5.82 Å². The molecule has 2 heteroatoms. The quantitative estimate of drug-likeness (QED) is 0.636. The second-order valence-electron chi connectivity index (χ2n) is 4.23. The summed E-state index contributed by atoms with van der Waals surface area (Å²) >= 11 is 0. The number of hydrogen-bond donors (Lipinski definition) is 1. The van der Waals surface area contributed by atoms with E-state index in [0.29, 0.717) is 5.56 Å². The third kappa shape index (κ3) is 1.72. The van der Waals surface area contributed by atoms with Crippen LogP contribution in [0.25, 0.3) is 22.2 Å². The third-order valence-electron chi connectivity index (χ3n) is 3.00. The second kappa shape index (κ2) is 3.74. The Kier molecular flexibility index (Phi) is 2.22. The summed E-state index contributed by atoms with van der Waals surface area (Å²) in [4.78, 5) is 3.34. The van der Waals surface area contributed by atoms with Gasteiger partial charge in [0, 0.05) is 16.6 Å². The first-order valence-corrected chi connectivity index (χ1v) is 5.58. The number of nitrogens with one attached hydrogen (secondary N) is 1. The minimum absolute atomic E-state index is 0.162. The van der Waals surface area contributed by atoms with Gasteiger partial charge in [0.25, 0.3) is 0 Å². The smallest absolute Gasteiger partial charge is 0.126 e. The molecule has 0 aliphatic heterocycles. The summed E-state index contributed by atoms with van der Waals surface area (Å²) in [6, 6.07) is 15.4. The number of halogens is 1. The molecule has 1 N–H and O–H groups in total. The molecule has 3 aromatic rings. The van der Waals surface area contributed by atoms with Gasteiger partial charge in [0.15, 0.2) is 0 Å². The number of fused-ring (bicyclic) bond motifs is 1. The van der Waals surface area contributed by atoms with Gasteiger partial charge in [0.2, 0.25) is 0 Å². The van der Waals surface area contributed by atoms with Gasteiger partial charge >= 0.3 is 0 Å². The summed E-state index contributed by atoms with van der Waals surface area (Å²) in [5.41, 5.74) is 3.81. The fourth-order valence-electron chi connectivity index (χ4n) is 2.04. The zero-order chi connectivity index (χ0) is 11.8. The Morgan fingerprint density at radius 2 is 1.82 bits per heavy atom. The number of aryl methyl sites for hydroxylation is 1. The van der Waals surface area contributed by atoms with Crippen LogP contribution in [0.15, 0.2) is 48.5 Å². The van der Waals surface area contributed by atoms with Gasteiger partial charge in [-0.3, -0.25) is 0 Å². The lowest BCUT2D eigenvalue weighted by atomic mass is 10.1. The van der Waals surface area contributed by atoms with Gasteiger partial charge in [0.05, 0.1) is 0 Å². The van der Waals surface area contributed by atoms with Gasteiger partial charge in [-0.25, -0.2) is 4.39 Å². The minimum Gasteiger partial charge on any atom is -0.355 e. The van der Waals surface area contributed by atoms with E-state index in [1.807, 2.05) is 24.3 Å². The molecule has 0 radical (unpaired) electrons. The van der Waals surface area contributed by atoms with Crippen LogP contribution in [0.3, 0.4) is 0 Å². The van der Waals surface area contributed by atoms with Gasteiger partial charge in [-0.1, -0.05) is 18.2 Å². The molecule has 1 aromatic heterocycles. The van der Waals surface area contributed by atoms with E-state index in [-0.39, 0.29) is 5.82 Å². The molecular formula is C15H12FN. The monoisotopic (exact) mass is 225 g/mol. The lowest BCUT2D eigenvalue weighted by molar-refractivity contribution is 0.619. The lowest BCUT2D eigenvalue weighted by Crippen LogP contribution is -1.84. The number of hydrogen-bond acceptors (Lipinski definition) is 0. The number of H-pyrrole nitrogens is 1. The van der Waals surface area contributed by atoms with Crippen molar-refractivity contribution >= 4 is 10.9 Å². The van der Waals surface area contributed by atoms with Gasteiger partial charge < -0.3 is 4.98 Å². The Morgan fingerprint density at radius 3 is 2.59 bits per heavy atom. The molecule has 17 heavy (non-hydrogen) atoms. The average molecular weight is 225 g/mol. The highest BCUT2D eigenvalue weighted by Gasteiger charge is 2.04. The number of rotatable bonds is 1. The van der Waals surface area contributed by atoms with Crippen molar-refractivity contribution < 1.29 is 4.39 Å². The summed E-state index contributed by atoms with van der Waals surface area (Å²) in [6.07, 6.45) is 0. The van der Waals surface area contributed by atoms with Crippen LogP contribution in [0.1, 0.15) is 5.56 Å². The van der Waals surface area contributed by atoms with Crippen molar-refractivity contribution in [2.24, 2.45) is 0 Å². The molecule has 84 valence electrons. The number of para-hydroxylation sites is 1. The van der Waals surface area contributed by atoms with E-state index >= 15 is 0 Å². The van der Waals surface area contributed by atoms with Crippen molar-refractivity contribution in [3.63, 3.8) is 0 Å². The van der Waals surface area contributed by atoms with Crippen LogP contribution in [0.5, 0.6) is 0 Å². The highest BCUT2D eigenvalue weighted by molar-refractivity contribution is 5.85. The molecule has 0 saturated heterocycles. The maximum Gasteiger partial charge on any atom is 0.126 e. The highest BCUT2D eigenvalue weighted by atomic mass is 19.1. The zero-order valence-electron chi connectivity index (χ0n) is 9.50. The second-order valence-corrected chi connectivity index (χ2v) is 4.23. The van der Waals surface area contributed by atoms with Crippen molar-refractivity contribution in [2.75, 3.05) is 0 Å². The Labute approximate surface area is 98.9 Å².